The Kier molecular flexibility index (Phi) is 3.27. The van der Waals surface area contributed by atoms with E-state index in [2.05, 4.69) is 10.2 Å². The third kappa shape index (κ3) is 2.46. The third-order valence-corrected chi connectivity index (χ3v) is 1.70. The zero-order valence-electron chi connectivity index (χ0n) is 8.32. The van der Waals surface area contributed by atoms with Crippen molar-refractivity contribution in [2.45, 2.75) is 6.04 Å². The average Bonchev–Trinajstić information content (AvgIpc) is 2.62. The van der Waals surface area contributed by atoms with Gasteiger partial charge in [0.2, 0.25) is 0 Å². The molecule has 1 atom stereocenters. The maximum Gasteiger partial charge on any atom is 0.293 e. The van der Waals surface area contributed by atoms with E-state index in [0.717, 1.165) is 6.21 Å². The van der Waals surface area contributed by atoms with Gasteiger partial charge in [0.15, 0.2) is 12.0 Å². The van der Waals surface area contributed by atoms with Crippen molar-refractivity contribution in [3.05, 3.63) is 21.9 Å². The van der Waals surface area contributed by atoms with Crippen LogP contribution in [-0.2, 0) is 4.79 Å². The van der Waals surface area contributed by atoms with Crippen LogP contribution in [-0.4, -0.2) is 48.2 Å². The average molecular weight is 210 g/mol. The molecule has 0 aliphatic carbocycles. The first kappa shape index (κ1) is 11.0. The topological polar surface area (TPSA) is 88.2 Å². The zero-order valence-corrected chi connectivity index (χ0v) is 8.32. The van der Waals surface area contributed by atoms with E-state index < -0.39 is 11.0 Å². The second kappa shape index (κ2) is 4.45. The van der Waals surface area contributed by atoms with Crippen LogP contribution in [0.15, 0.2) is 22.0 Å². The molecular formula is C8H10N4O3. The molecule has 0 aromatic heterocycles. The predicted octanol–water partition coefficient (Wildman–Crippen LogP) is -0.284. The molecule has 0 fully saturated rings. The van der Waals surface area contributed by atoms with Gasteiger partial charge in [0.25, 0.3) is 6.04 Å². The van der Waals surface area contributed by atoms with Crippen molar-refractivity contribution >= 4 is 18.2 Å². The van der Waals surface area contributed by atoms with Crippen LogP contribution in [0.2, 0.25) is 0 Å². The molecule has 1 aliphatic rings. The molecule has 80 valence electrons. The highest BCUT2D eigenvalue weighted by molar-refractivity contribution is 6.22. The smallest absolute Gasteiger partial charge is 0.293 e. The van der Waals surface area contributed by atoms with Gasteiger partial charge >= 0.3 is 0 Å². The van der Waals surface area contributed by atoms with Crippen LogP contribution in [0.5, 0.6) is 0 Å². The largest absolute Gasteiger partial charge is 0.383 e. The van der Waals surface area contributed by atoms with Crippen LogP contribution in [0.1, 0.15) is 0 Å². The summed E-state index contributed by atoms with van der Waals surface area (Å²) in [6.07, 6.45) is 3.10. The first-order valence-electron chi connectivity index (χ1n) is 4.14. The number of hydrogen-bond donors (Lipinski definition) is 0. The van der Waals surface area contributed by atoms with Gasteiger partial charge in [0, 0.05) is 25.2 Å². The van der Waals surface area contributed by atoms with Crippen LogP contribution < -0.4 is 0 Å². The number of carbonyl (C=O) groups is 1. The number of hydrogen-bond acceptors (Lipinski definition) is 6. The molecule has 1 rings (SSSR count). The fourth-order valence-electron chi connectivity index (χ4n) is 1.11. The first-order chi connectivity index (χ1) is 7.06. The molecule has 0 radical (unpaired) electrons. The van der Waals surface area contributed by atoms with Crippen molar-refractivity contribution in [3.8, 4) is 0 Å². The van der Waals surface area contributed by atoms with Gasteiger partial charge in [0.1, 0.15) is 6.21 Å². The second-order valence-electron chi connectivity index (χ2n) is 3.15. The Morgan fingerprint density at radius 1 is 1.67 bits per heavy atom. The number of aldehydes is 1. The van der Waals surface area contributed by atoms with Crippen molar-refractivity contribution in [2.24, 2.45) is 10.2 Å². The highest BCUT2D eigenvalue weighted by atomic mass is 16.6. The summed E-state index contributed by atoms with van der Waals surface area (Å²) >= 11 is 0. The lowest BCUT2D eigenvalue weighted by Crippen LogP contribution is -2.30. The van der Waals surface area contributed by atoms with Gasteiger partial charge in [-0.25, -0.2) is 0 Å². The summed E-state index contributed by atoms with van der Waals surface area (Å²) in [4.78, 5) is 22.4. The van der Waals surface area contributed by atoms with Crippen LogP contribution in [0.4, 0.5) is 0 Å². The van der Waals surface area contributed by atoms with Crippen LogP contribution in [0.25, 0.3) is 0 Å². The molecule has 0 saturated carbocycles. The molecule has 0 aromatic carbocycles. The molecule has 7 nitrogen and oxygen atoms in total. The van der Waals surface area contributed by atoms with E-state index >= 15 is 0 Å². The van der Waals surface area contributed by atoms with Gasteiger partial charge in [0.05, 0.1) is 5.57 Å². The van der Waals surface area contributed by atoms with Gasteiger partial charge in [-0.05, 0) is 0 Å². The molecule has 0 bridgehead atoms. The maximum atomic E-state index is 10.7. The Labute approximate surface area is 85.9 Å². The van der Waals surface area contributed by atoms with Gasteiger partial charge in [-0.1, -0.05) is 0 Å². The summed E-state index contributed by atoms with van der Waals surface area (Å²) in [5, 5.41) is 17.6. The number of nitro groups is 1. The van der Waals surface area contributed by atoms with E-state index in [1.807, 2.05) is 0 Å². The van der Waals surface area contributed by atoms with Crippen molar-refractivity contribution < 1.29 is 9.72 Å². The Morgan fingerprint density at radius 3 is 2.80 bits per heavy atom. The first-order valence-corrected chi connectivity index (χ1v) is 4.14. The Morgan fingerprint density at radius 2 is 2.33 bits per heavy atom. The number of nitrogens with zero attached hydrogens (tertiary/aromatic N) is 4. The molecule has 1 aliphatic heterocycles. The highest BCUT2D eigenvalue weighted by Crippen LogP contribution is 2.08. The van der Waals surface area contributed by atoms with Gasteiger partial charge in [-0.15, -0.1) is 5.10 Å². The molecule has 0 unspecified atom stereocenters. The fourth-order valence-corrected chi connectivity index (χ4v) is 1.11. The molecule has 0 aromatic rings. The summed E-state index contributed by atoms with van der Waals surface area (Å²) in [6, 6.07) is -1.12. The molecule has 0 amide bonds. The fraction of sp³-hybridized carbons (Fsp3) is 0.375. The lowest BCUT2D eigenvalue weighted by atomic mass is 10.1. The summed E-state index contributed by atoms with van der Waals surface area (Å²) in [5.74, 6) is 0. The van der Waals surface area contributed by atoms with Gasteiger partial charge < -0.3 is 4.90 Å². The van der Waals surface area contributed by atoms with Crippen molar-refractivity contribution in [1.29, 1.82) is 0 Å². The van der Waals surface area contributed by atoms with Crippen molar-refractivity contribution in [3.63, 3.8) is 0 Å². The van der Waals surface area contributed by atoms with E-state index in [9.17, 15) is 14.9 Å². The minimum Gasteiger partial charge on any atom is -0.383 e. The molecule has 15 heavy (non-hydrogen) atoms. The Hall–Kier alpha value is -2.05. The zero-order chi connectivity index (χ0) is 11.4. The van der Waals surface area contributed by atoms with E-state index in [1.54, 1.807) is 19.0 Å². The lowest BCUT2D eigenvalue weighted by Gasteiger charge is -2.07. The molecular weight excluding hydrogens is 200 g/mol. The highest BCUT2D eigenvalue weighted by Gasteiger charge is 2.31. The number of carbonyl (C=O) groups excluding carboxylic acids is 1. The minimum absolute atomic E-state index is 0.0729. The SMILES string of the molecule is CN(C)/C=C(\C=O)C1=NN=C[C@@H]1[N+](=O)[O-]. The molecule has 7 heteroatoms. The maximum absolute atomic E-state index is 10.7. The van der Waals surface area contributed by atoms with E-state index in [1.165, 1.54) is 6.20 Å². The Balaban J connectivity index is 2.97. The summed E-state index contributed by atoms with van der Waals surface area (Å²) in [5.41, 5.74) is 0.239. The molecule has 0 N–H and O–H groups in total. The minimum atomic E-state index is -1.12. The van der Waals surface area contributed by atoms with Crippen molar-refractivity contribution in [1.82, 2.24) is 4.90 Å². The molecule has 0 saturated heterocycles. The summed E-state index contributed by atoms with van der Waals surface area (Å²) < 4.78 is 0. The third-order valence-electron chi connectivity index (χ3n) is 1.70. The number of rotatable bonds is 4. The predicted molar refractivity (Wildman–Crippen MR) is 54.5 cm³/mol. The normalized spacial score (nSPS) is 20.0. The summed E-state index contributed by atoms with van der Waals surface area (Å²) in [6.45, 7) is 0. The summed E-state index contributed by atoms with van der Waals surface area (Å²) in [7, 11) is 3.42. The quantitative estimate of drug-likeness (QED) is 0.276. The van der Waals surface area contributed by atoms with Crippen LogP contribution in [0.3, 0.4) is 0 Å². The van der Waals surface area contributed by atoms with E-state index in [-0.39, 0.29) is 11.3 Å². The van der Waals surface area contributed by atoms with Gasteiger partial charge in [-0.3, -0.25) is 14.9 Å². The van der Waals surface area contributed by atoms with E-state index in [4.69, 9.17) is 0 Å². The monoisotopic (exact) mass is 210 g/mol. The molecule has 0 spiro atoms. The Bertz CT molecular complexity index is 370. The van der Waals surface area contributed by atoms with Crippen molar-refractivity contribution in [2.75, 3.05) is 14.1 Å². The van der Waals surface area contributed by atoms with E-state index in [0.29, 0.717) is 6.29 Å². The second-order valence-corrected chi connectivity index (χ2v) is 3.15. The van der Waals surface area contributed by atoms with Crippen LogP contribution in [0, 0.1) is 10.1 Å². The standard InChI is InChI=1S/C8H10N4O3/c1-11(2)4-6(5-13)8-7(12(14)15)3-9-10-8/h3-5,7H,1-2H3/b6-4+/t7-/m0/s1. The van der Waals surface area contributed by atoms with Crippen LogP contribution >= 0.6 is 0 Å². The lowest BCUT2D eigenvalue weighted by molar-refractivity contribution is -0.482. The molecule has 1 heterocycles. The van der Waals surface area contributed by atoms with Gasteiger partial charge in [-0.2, -0.15) is 5.10 Å².